The lowest BCUT2D eigenvalue weighted by Crippen LogP contribution is -3.28. The van der Waals surface area contributed by atoms with Gasteiger partial charge in [0.15, 0.2) is 13.1 Å². The molecule has 3 rings (SSSR count). The molecule has 0 radical (unpaired) electrons. The molecular weight excluding hydrogens is 397 g/mol. The van der Waals surface area contributed by atoms with Gasteiger partial charge in [-0.1, -0.05) is 18.2 Å². The molecule has 2 aromatic rings. The van der Waals surface area contributed by atoms with E-state index in [4.69, 9.17) is 0 Å². The second-order valence-corrected chi connectivity index (χ2v) is 8.25. The maximum Gasteiger partial charge on any atom is 0.279 e. The molecule has 0 spiro atoms. The van der Waals surface area contributed by atoms with Crippen molar-refractivity contribution in [2.24, 2.45) is 0 Å². The Bertz CT molecular complexity index is 880. The summed E-state index contributed by atoms with van der Waals surface area (Å²) in [6.07, 6.45) is 0. The van der Waals surface area contributed by atoms with Gasteiger partial charge in [-0.25, -0.2) is 4.39 Å². The molecule has 1 saturated heterocycles. The Morgan fingerprint density at radius 2 is 1.55 bits per heavy atom. The molecule has 0 aromatic heterocycles. The minimum atomic E-state index is -0.369. The monoisotopic (exact) mass is 429 g/mol. The number of carbonyl (C=O) groups is 2. The highest BCUT2D eigenvalue weighted by atomic mass is 19.1. The van der Waals surface area contributed by atoms with E-state index in [2.05, 4.69) is 10.6 Å². The Morgan fingerprint density at radius 1 is 0.935 bits per heavy atom. The molecule has 1 aliphatic rings. The van der Waals surface area contributed by atoms with Gasteiger partial charge in [-0.3, -0.25) is 9.59 Å². The summed E-state index contributed by atoms with van der Waals surface area (Å²) in [7, 11) is 4.00. The van der Waals surface area contributed by atoms with Crippen LogP contribution in [0.5, 0.6) is 0 Å². The van der Waals surface area contributed by atoms with Gasteiger partial charge in [-0.05, 0) is 35.9 Å². The Labute approximate surface area is 182 Å². The molecule has 1 heterocycles. The minimum absolute atomic E-state index is 0.0407. The van der Waals surface area contributed by atoms with Gasteiger partial charge in [0.1, 0.15) is 32.0 Å². The van der Waals surface area contributed by atoms with Crippen LogP contribution in [0.3, 0.4) is 0 Å². The molecule has 31 heavy (non-hydrogen) atoms. The molecule has 8 heteroatoms. The second-order valence-electron chi connectivity index (χ2n) is 8.25. The van der Waals surface area contributed by atoms with Crippen LogP contribution in [-0.4, -0.2) is 65.2 Å². The molecule has 1 aliphatic heterocycles. The number of halogens is 1. The molecule has 1 fully saturated rings. The normalized spacial score (nSPS) is 18.3. The van der Waals surface area contributed by atoms with Crippen LogP contribution >= 0.6 is 0 Å². The van der Waals surface area contributed by atoms with E-state index in [1.54, 1.807) is 12.1 Å². The third-order valence-electron chi connectivity index (χ3n) is 5.54. The van der Waals surface area contributed by atoms with Gasteiger partial charge in [0.2, 0.25) is 0 Å². The molecule has 4 N–H and O–H groups in total. The van der Waals surface area contributed by atoms with E-state index in [-0.39, 0.29) is 17.6 Å². The maximum absolute atomic E-state index is 13.2. The van der Waals surface area contributed by atoms with Gasteiger partial charge in [-0.15, -0.1) is 0 Å². The van der Waals surface area contributed by atoms with Crippen molar-refractivity contribution in [2.75, 3.05) is 63.6 Å². The highest BCUT2D eigenvalue weighted by molar-refractivity contribution is 5.91. The lowest BCUT2D eigenvalue weighted by molar-refractivity contribution is -1.00. The van der Waals surface area contributed by atoms with Gasteiger partial charge in [0, 0.05) is 32.0 Å². The average molecular weight is 430 g/mol. The summed E-state index contributed by atoms with van der Waals surface area (Å²) >= 11 is 0. The Morgan fingerprint density at radius 3 is 2.13 bits per heavy atom. The van der Waals surface area contributed by atoms with Crippen molar-refractivity contribution in [2.45, 2.75) is 6.54 Å². The number of anilines is 2. The topological polar surface area (TPSA) is 70.3 Å². The molecule has 0 atom stereocenters. The van der Waals surface area contributed by atoms with Gasteiger partial charge in [0.05, 0.1) is 0 Å². The first kappa shape index (κ1) is 22.7. The van der Waals surface area contributed by atoms with Gasteiger partial charge >= 0.3 is 0 Å². The van der Waals surface area contributed by atoms with Gasteiger partial charge in [0.25, 0.3) is 11.8 Å². The van der Waals surface area contributed by atoms with Crippen LogP contribution in [0.1, 0.15) is 5.56 Å². The highest BCUT2D eigenvalue weighted by Gasteiger charge is 2.26. The third-order valence-corrected chi connectivity index (χ3v) is 5.54. The number of amides is 2. The van der Waals surface area contributed by atoms with Crippen LogP contribution < -0.4 is 25.3 Å². The SMILES string of the molecule is CN(C)c1ccc(CNC(=O)C[NH+]2CC[NH+](CC(=O)Nc3cccc(F)c3)CC2)cc1. The molecule has 0 saturated carbocycles. The lowest BCUT2D eigenvalue weighted by Gasteiger charge is -2.29. The zero-order valence-corrected chi connectivity index (χ0v) is 18.2. The molecular formula is C23H32FN5O2+2. The van der Waals surface area contributed by atoms with E-state index < -0.39 is 0 Å². The molecule has 2 amide bonds. The Kier molecular flexibility index (Phi) is 7.97. The second kappa shape index (κ2) is 10.9. The summed E-state index contributed by atoms with van der Waals surface area (Å²) in [6.45, 7) is 4.65. The smallest absolute Gasteiger partial charge is 0.279 e. The molecule has 2 aromatic carbocycles. The largest absolute Gasteiger partial charge is 0.378 e. The summed E-state index contributed by atoms with van der Waals surface area (Å²) in [5.74, 6) is -0.452. The third kappa shape index (κ3) is 7.34. The van der Waals surface area contributed by atoms with E-state index in [0.29, 0.717) is 25.3 Å². The number of carbonyl (C=O) groups excluding carboxylic acids is 2. The van der Waals surface area contributed by atoms with E-state index in [0.717, 1.165) is 37.4 Å². The van der Waals surface area contributed by atoms with Crippen molar-refractivity contribution in [3.05, 3.63) is 59.9 Å². The number of piperazine rings is 1. The minimum Gasteiger partial charge on any atom is -0.378 e. The van der Waals surface area contributed by atoms with Crippen LogP contribution in [0.15, 0.2) is 48.5 Å². The van der Waals surface area contributed by atoms with Crippen molar-refractivity contribution < 1.29 is 23.8 Å². The first-order valence-corrected chi connectivity index (χ1v) is 10.6. The number of rotatable bonds is 8. The number of benzene rings is 2. The van der Waals surface area contributed by atoms with Crippen LogP contribution in [-0.2, 0) is 16.1 Å². The summed E-state index contributed by atoms with van der Waals surface area (Å²) < 4.78 is 13.2. The fourth-order valence-corrected chi connectivity index (χ4v) is 3.71. The van der Waals surface area contributed by atoms with Crippen molar-refractivity contribution in [3.8, 4) is 0 Å². The lowest BCUT2D eigenvalue weighted by atomic mass is 10.2. The van der Waals surface area contributed by atoms with Crippen LogP contribution in [0.2, 0.25) is 0 Å². The Hall–Kier alpha value is -2.97. The van der Waals surface area contributed by atoms with Crippen molar-refractivity contribution in [1.29, 1.82) is 0 Å². The average Bonchev–Trinajstić information content (AvgIpc) is 2.74. The van der Waals surface area contributed by atoms with Crippen molar-refractivity contribution >= 4 is 23.2 Å². The van der Waals surface area contributed by atoms with E-state index in [1.807, 2.05) is 43.3 Å². The molecule has 166 valence electrons. The Balaban J connectivity index is 1.34. The van der Waals surface area contributed by atoms with Crippen molar-refractivity contribution in [3.63, 3.8) is 0 Å². The number of nitrogens with one attached hydrogen (secondary N) is 4. The number of hydrogen-bond donors (Lipinski definition) is 4. The van der Waals surface area contributed by atoms with Crippen LogP contribution in [0.25, 0.3) is 0 Å². The standard InChI is InChI=1S/C23H30FN5O2/c1-27(2)21-8-6-18(7-9-21)15-25-22(30)16-28-10-12-29(13-11-28)17-23(31)26-20-5-3-4-19(24)14-20/h3-9,14H,10-13,15-17H2,1-2H3,(H,25,30)(H,26,31)/p+2. The van der Waals surface area contributed by atoms with Gasteiger partial charge < -0.3 is 25.3 Å². The fraction of sp³-hybridized carbons (Fsp3) is 0.391. The zero-order chi connectivity index (χ0) is 22.2. The summed E-state index contributed by atoms with van der Waals surface area (Å²) in [5.41, 5.74) is 2.68. The summed E-state index contributed by atoms with van der Waals surface area (Å²) in [6, 6.07) is 14.0. The summed E-state index contributed by atoms with van der Waals surface area (Å²) in [5, 5.41) is 5.74. The maximum atomic E-state index is 13.2. The number of hydrogen-bond acceptors (Lipinski definition) is 3. The van der Waals surface area contributed by atoms with Crippen LogP contribution in [0.4, 0.5) is 15.8 Å². The van der Waals surface area contributed by atoms with E-state index in [9.17, 15) is 14.0 Å². The quantitative estimate of drug-likeness (QED) is 0.432. The van der Waals surface area contributed by atoms with Gasteiger partial charge in [-0.2, -0.15) is 0 Å². The predicted octanol–water partition coefficient (Wildman–Crippen LogP) is -1.07. The molecule has 0 unspecified atom stereocenters. The fourth-order valence-electron chi connectivity index (χ4n) is 3.71. The summed E-state index contributed by atoms with van der Waals surface area (Å²) in [4.78, 5) is 29.0. The van der Waals surface area contributed by atoms with E-state index in [1.165, 1.54) is 21.9 Å². The first-order chi connectivity index (χ1) is 14.9. The predicted molar refractivity (Wildman–Crippen MR) is 119 cm³/mol. The molecule has 0 bridgehead atoms. The number of nitrogens with zero attached hydrogens (tertiary/aromatic N) is 1. The first-order valence-electron chi connectivity index (χ1n) is 10.6. The highest BCUT2D eigenvalue weighted by Crippen LogP contribution is 2.12. The molecule has 0 aliphatic carbocycles. The van der Waals surface area contributed by atoms with Crippen LogP contribution in [0, 0.1) is 5.82 Å². The number of quaternary nitrogens is 2. The van der Waals surface area contributed by atoms with Crippen molar-refractivity contribution in [1.82, 2.24) is 5.32 Å². The van der Waals surface area contributed by atoms with E-state index >= 15 is 0 Å². The zero-order valence-electron chi connectivity index (χ0n) is 18.2. The molecule has 7 nitrogen and oxygen atoms in total.